The van der Waals surface area contributed by atoms with E-state index in [1.165, 1.54) is 51.4 Å². The van der Waals surface area contributed by atoms with Crippen LogP contribution in [-0.4, -0.2) is 22.4 Å². The Hall–Kier alpha value is -0.0800. The van der Waals surface area contributed by atoms with E-state index >= 15 is 0 Å². The van der Waals surface area contributed by atoms with Crippen molar-refractivity contribution in [2.24, 2.45) is 0 Å². The minimum atomic E-state index is -0.0965. The molecular formula is C19H40O2. The second-order valence-corrected chi connectivity index (χ2v) is 6.64. The van der Waals surface area contributed by atoms with Gasteiger partial charge in [-0.25, -0.2) is 0 Å². The monoisotopic (exact) mass is 300 g/mol. The summed E-state index contributed by atoms with van der Waals surface area (Å²) >= 11 is 0. The molecule has 0 aromatic heterocycles. The van der Waals surface area contributed by atoms with Gasteiger partial charge in [0.05, 0.1) is 12.2 Å². The highest BCUT2D eigenvalue weighted by Gasteiger charge is 2.06. The van der Waals surface area contributed by atoms with Crippen molar-refractivity contribution in [1.82, 2.24) is 0 Å². The van der Waals surface area contributed by atoms with Gasteiger partial charge in [0.15, 0.2) is 0 Å². The molecule has 0 bridgehead atoms. The molecule has 0 fully saturated rings. The summed E-state index contributed by atoms with van der Waals surface area (Å²) < 4.78 is 0. The summed E-state index contributed by atoms with van der Waals surface area (Å²) in [6.45, 7) is 4.43. The molecule has 0 rings (SSSR count). The third-order valence-electron chi connectivity index (χ3n) is 4.36. The third kappa shape index (κ3) is 16.1. The first-order chi connectivity index (χ1) is 10.2. The van der Waals surface area contributed by atoms with Crippen molar-refractivity contribution in [3.63, 3.8) is 0 Å². The minimum absolute atomic E-state index is 0.0965. The average Bonchev–Trinajstić information content (AvgIpc) is 2.48. The van der Waals surface area contributed by atoms with Crippen LogP contribution in [0.2, 0.25) is 0 Å². The van der Waals surface area contributed by atoms with Gasteiger partial charge in [0.1, 0.15) is 0 Å². The Morgan fingerprint density at radius 3 is 1.05 bits per heavy atom. The van der Waals surface area contributed by atoms with Crippen molar-refractivity contribution in [2.45, 2.75) is 122 Å². The third-order valence-corrected chi connectivity index (χ3v) is 4.36. The zero-order valence-electron chi connectivity index (χ0n) is 14.7. The number of hydrogen-bond donors (Lipinski definition) is 2. The van der Waals surface area contributed by atoms with Crippen LogP contribution in [0.25, 0.3) is 0 Å². The van der Waals surface area contributed by atoms with Crippen LogP contribution in [0.15, 0.2) is 0 Å². The SMILES string of the molecule is CCCCCCC(O)CCCCCC(O)CCCCCC. The molecule has 0 aromatic carbocycles. The van der Waals surface area contributed by atoms with E-state index in [2.05, 4.69) is 13.8 Å². The lowest BCUT2D eigenvalue weighted by molar-refractivity contribution is 0.139. The van der Waals surface area contributed by atoms with E-state index in [1.54, 1.807) is 0 Å². The van der Waals surface area contributed by atoms with Gasteiger partial charge in [-0.1, -0.05) is 84.5 Å². The predicted octanol–water partition coefficient (Wildman–Crippen LogP) is 5.60. The normalized spacial score (nSPS) is 14.3. The molecule has 128 valence electrons. The van der Waals surface area contributed by atoms with Gasteiger partial charge >= 0.3 is 0 Å². The molecule has 0 saturated carbocycles. The van der Waals surface area contributed by atoms with E-state index in [0.717, 1.165) is 44.9 Å². The highest BCUT2D eigenvalue weighted by molar-refractivity contribution is 4.60. The fourth-order valence-electron chi connectivity index (χ4n) is 2.84. The lowest BCUT2D eigenvalue weighted by Gasteiger charge is -2.12. The van der Waals surface area contributed by atoms with Crippen molar-refractivity contribution in [3.05, 3.63) is 0 Å². The van der Waals surface area contributed by atoms with Crippen molar-refractivity contribution in [2.75, 3.05) is 0 Å². The van der Waals surface area contributed by atoms with E-state index in [-0.39, 0.29) is 12.2 Å². The maximum Gasteiger partial charge on any atom is 0.0540 e. The van der Waals surface area contributed by atoms with Crippen LogP contribution in [-0.2, 0) is 0 Å². The number of hydrogen-bond acceptors (Lipinski definition) is 2. The summed E-state index contributed by atoms with van der Waals surface area (Å²) in [5.74, 6) is 0. The molecule has 2 heteroatoms. The van der Waals surface area contributed by atoms with E-state index in [1.807, 2.05) is 0 Å². The lowest BCUT2D eigenvalue weighted by Crippen LogP contribution is -2.07. The Morgan fingerprint density at radius 1 is 0.476 bits per heavy atom. The molecular weight excluding hydrogens is 260 g/mol. The van der Waals surface area contributed by atoms with Crippen LogP contribution in [0.3, 0.4) is 0 Å². The van der Waals surface area contributed by atoms with E-state index in [0.29, 0.717) is 0 Å². The van der Waals surface area contributed by atoms with E-state index in [4.69, 9.17) is 0 Å². The van der Waals surface area contributed by atoms with Crippen LogP contribution in [0.4, 0.5) is 0 Å². The second kappa shape index (κ2) is 16.3. The Balaban J connectivity index is 3.26. The number of rotatable bonds is 16. The van der Waals surface area contributed by atoms with Gasteiger partial charge in [0, 0.05) is 0 Å². The smallest absolute Gasteiger partial charge is 0.0540 e. The molecule has 0 amide bonds. The molecule has 0 radical (unpaired) electrons. The van der Waals surface area contributed by atoms with Crippen molar-refractivity contribution in [3.8, 4) is 0 Å². The lowest BCUT2D eigenvalue weighted by atomic mass is 10.0. The standard InChI is InChI=1S/C19H40O2/c1-3-5-7-10-14-18(20)16-12-9-13-17-19(21)15-11-8-6-4-2/h18-21H,3-17H2,1-2H3. The predicted molar refractivity (Wildman–Crippen MR) is 92.6 cm³/mol. The van der Waals surface area contributed by atoms with Gasteiger partial charge < -0.3 is 10.2 Å². The summed E-state index contributed by atoms with van der Waals surface area (Å²) in [4.78, 5) is 0. The maximum atomic E-state index is 9.87. The number of aliphatic hydroxyl groups is 2. The summed E-state index contributed by atoms with van der Waals surface area (Å²) in [6, 6.07) is 0. The van der Waals surface area contributed by atoms with Crippen molar-refractivity contribution >= 4 is 0 Å². The van der Waals surface area contributed by atoms with Gasteiger partial charge in [-0.15, -0.1) is 0 Å². The zero-order chi connectivity index (χ0) is 15.8. The molecule has 0 aliphatic rings. The van der Waals surface area contributed by atoms with Crippen LogP contribution < -0.4 is 0 Å². The first kappa shape index (κ1) is 20.9. The van der Waals surface area contributed by atoms with E-state index in [9.17, 15) is 10.2 Å². The largest absolute Gasteiger partial charge is 0.393 e. The van der Waals surface area contributed by atoms with Gasteiger partial charge in [-0.05, 0) is 25.7 Å². The molecule has 0 aliphatic carbocycles. The van der Waals surface area contributed by atoms with Crippen molar-refractivity contribution in [1.29, 1.82) is 0 Å². The molecule has 0 aromatic rings. The molecule has 0 aliphatic heterocycles. The van der Waals surface area contributed by atoms with Gasteiger partial charge in [-0.3, -0.25) is 0 Å². The molecule has 2 atom stereocenters. The summed E-state index contributed by atoms with van der Waals surface area (Å²) in [7, 11) is 0. The molecule has 21 heavy (non-hydrogen) atoms. The first-order valence-corrected chi connectivity index (χ1v) is 9.56. The van der Waals surface area contributed by atoms with Crippen LogP contribution in [0, 0.1) is 0 Å². The number of unbranched alkanes of at least 4 members (excludes halogenated alkanes) is 8. The summed E-state index contributed by atoms with van der Waals surface area (Å²) in [5.41, 5.74) is 0. The van der Waals surface area contributed by atoms with Crippen molar-refractivity contribution < 1.29 is 10.2 Å². The van der Waals surface area contributed by atoms with Crippen LogP contribution >= 0.6 is 0 Å². The van der Waals surface area contributed by atoms with E-state index < -0.39 is 0 Å². The highest BCUT2D eigenvalue weighted by atomic mass is 16.3. The quantitative estimate of drug-likeness (QED) is 0.364. The van der Waals surface area contributed by atoms with Gasteiger partial charge in [0.2, 0.25) is 0 Å². The Morgan fingerprint density at radius 2 is 0.762 bits per heavy atom. The molecule has 0 spiro atoms. The van der Waals surface area contributed by atoms with Crippen LogP contribution in [0.5, 0.6) is 0 Å². The average molecular weight is 301 g/mol. The zero-order valence-corrected chi connectivity index (χ0v) is 14.7. The Kier molecular flexibility index (Phi) is 16.2. The highest BCUT2D eigenvalue weighted by Crippen LogP contribution is 2.14. The summed E-state index contributed by atoms with van der Waals surface area (Å²) in [6.07, 6.45) is 17.0. The molecule has 0 saturated heterocycles. The maximum absolute atomic E-state index is 9.87. The van der Waals surface area contributed by atoms with Crippen LogP contribution in [0.1, 0.15) is 110 Å². The number of aliphatic hydroxyl groups excluding tert-OH is 2. The first-order valence-electron chi connectivity index (χ1n) is 9.56. The van der Waals surface area contributed by atoms with Gasteiger partial charge in [0.25, 0.3) is 0 Å². The molecule has 2 nitrogen and oxygen atoms in total. The Bertz CT molecular complexity index is 174. The second-order valence-electron chi connectivity index (χ2n) is 6.64. The molecule has 2 N–H and O–H groups in total. The minimum Gasteiger partial charge on any atom is -0.393 e. The fourth-order valence-corrected chi connectivity index (χ4v) is 2.84. The summed E-state index contributed by atoms with van der Waals surface area (Å²) in [5, 5.41) is 19.7. The molecule has 0 heterocycles. The van der Waals surface area contributed by atoms with Gasteiger partial charge in [-0.2, -0.15) is 0 Å². The fraction of sp³-hybridized carbons (Fsp3) is 1.00. The topological polar surface area (TPSA) is 40.5 Å². The Labute approximate surface area is 133 Å². The molecule has 2 unspecified atom stereocenters.